The van der Waals surface area contributed by atoms with Gasteiger partial charge in [-0.15, -0.1) is 0 Å². The summed E-state index contributed by atoms with van der Waals surface area (Å²) in [4.78, 5) is 3.73. The highest BCUT2D eigenvalue weighted by Gasteiger charge is 1.94. The molecule has 13 heavy (non-hydrogen) atoms. The van der Waals surface area contributed by atoms with Crippen molar-refractivity contribution in [2.24, 2.45) is 0 Å². The van der Waals surface area contributed by atoms with E-state index in [1.165, 1.54) is 12.8 Å². The Morgan fingerprint density at radius 2 is 1.62 bits per heavy atom. The molecule has 0 bridgehead atoms. The van der Waals surface area contributed by atoms with Crippen molar-refractivity contribution < 1.29 is 4.74 Å². The van der Waals surface area contributed by atoms with Crippen LogP contribution in [0.2, 0.25) is 0 Å². The number of nitrogens with two attached hydrogens (primary N) is 2. The lowest BCUT2D eigenvalue weighted by atomic mass is 10.4. The van der Waals surface area contributed by atoms with Crippen LogP contribution in [0.1, 0.15) is 12.8 Å². The molecule has 0 unspecified atom stereocenters. The first-order valence-electron chi connectivity index (χ1n) is 4.35. The Bertz CT molecular complexity index is 224. The number of nitrogen functional groups attached to an aromatic ring is 2. The fourth-order valence-corrected chi connectivity index (χ4v) is 0.979. The number of hydrogen-bond donors (Lipinski definition) is 2. The third-order valence-electron chi connectivity index (χ3n) is 1.62. The Morgan fingerprint density at radius 3 is 1.85 bits per heavy atom. The molecule has 0 aromatic carbocycles. The minimum Gasteiger partial charge on any atom is -0.384 e. The summed E-state index contributed by atoms with van der Waals surface area (Å²) < 4.78 is 4.94. The van der Waals surface area contributed by atoms with E-state index in [4.69, 9.17) is 16.2 Å². The second-order valence-corrected chi connectivity index (χ2v) is 2.81. The molecule has 1 aliphatic heterocycles. The Balaban J connectivity index is 0.000000145. The van der Waals surface area contributed by atoms with Crippen molar-refractivity contribution in [2.45, 2.75) is 12.8 Å². The molecular formula is C9H15N3O. The van der Waals surface area contributed by atoms with Gasteiger partial charge in [0.25, 0.3) is 0 Å². The van der Waals surface area contributed by atoms with Crippen LogP contribution in [0, 0.1) is 0 Å². The predicted octanol–water partition coefficient (Wildman–Crippen LogP) is 1.04. The van der Waals surface area contributed by atoms with E-state index in [9.17, 15) is 0 Å². The van der Waals surface area contributed by atoms with Gasteiger partial charge >= 0.3 is 0 Å². The number of anilines is 2. The van der Waals surface area contributed by atoms with Crippen molar-refractivity contribution in [1.29, 1.82) is 0 Å². The number of rotatable bonds is 0. The van der Waals surface area contributed by atoms with Crippen LogP contribution in [0.15, 0.2) is 18.2 Å². The zero-order valence-corrected chi connectivity index (χ0v) is 7.57. The van der Waals surface area contributed by atoms with Crippen LogP contribution in [0.4, 0.5) is 11.6 Å². The highest BCUT2D eigenvalue weighted by molar-refractivity contribution is 5.37. The molecule has 1 fully saturated rings. The maximum absolute atomic E-state index is 5.27. The first kappa shape index (κ1) is 9.80. The molecule has 1 saturated heterocycles. The predicted molar refractivity (Wildman–Crippen MR) is 53.1 cm³/mol. The van der Waals surface area contributed by atoms with Crippen molar-refractivity contribution in [2.75, 3.05) is 24.7 Å². The van der Waals surface area contributed by atoms with Gasteiger partial charge in [0.2, 0.25) is 0 Å². The molecule has 0 amide bonds. The van der Waals surface area contributed by atoms with Crippen LogP contribution in [0.25, 0.3) is 0 Å². The Kier molecular flexibility index (Phi) is 4.05. The van der Waals surface area contributed by atoms with E-state index in [-0.39, 0.29) is 0 Å². The summed E-state index contributed by atoms with van der Waals surface area (Å²) in [5, 5.41) is 0. The van der Waals surface area contributed by atoms with Crippen molar-refractivity contribution in [3.63, 3.8) is 0 Å². The molecule has 1 aromatic heterocycles. The fourth-order valence-electron chi connectivity index (χ4n) is 0.979. The summed E-state index contributed by atoms with van der Waals surface area (Å²) in [6, 6.07) is 5.14. The van der Waals surface area contributed by atoms with Gasteiger partial charge in [-0.05, 0) is 25.0 Å². The molecule has 0 aliphatic carbocycles. The SMILES string of the molecule is C1CCOC1.Nc1cccc(N)n1. The van der Waals surface area contributed by atoms with Gasteiger partial charge in [-0.1, -0.05) is 6.07 Å². The van der Waals surface area contributed by atoms with Crippen LogP contribution >= 0.6 is 0 Å². The minimum absolute atomic E-state index is 0.463. The minimum atomic E-state index is 0.463. The molecule has 0 radical (unpaired) electrons. The van der Waals surface area contributed by atoms with E-state index in [1.54, 1.807) is 18.2 Å². The summed E-state index contributed by atoms with van der Waals surface area (Å²) in [6.07, 6.45) is 2.56. The second-order valence-electron chi connectivity index (χ2n) is 2.81. The average molecular weight is 181 g/mol. The van der Waals surface area contributed by atoms with E-state index in [2.05, 4.69) is 4.98 Å². The topological polar surface area (TPSA) is 74.2 Å². The molecule has 4 heteroatoms. The monoisotopic (exact) mass is 181 g/mol. The van der Waals surface area contributed by atoms with E-state index >= 15 is 0 Å². The van der Waals surface area contributed by atoms with Gasteiger partial charge in [0.05, 0.1) is 0 Å². The molecule has 1 aromatic rings. The maximum Gasteiger partial charge on any atom is 0.125 e. The van der Waals surface area contributed by atoms with E-state index in [1.807, 2.05) is 0 Å². The smallest absolute Gasteiger partial charge is 0.125 e. The number of nitrogens with zero attached hydrogens (tertiary/aromatic N) is 1. The molecule has 1 aliphatic rings. The largest absolute Gasteiger partial charge is 0.384 e. The second kappa shape index (κ2) is 5.37. The molecule has 0 spiro atoms. The summed E-state index contributed by atoms with van der Waals surface area (Å²) in [5.74, 6) is 0.926. The van der Waals surface area contributed by atoms with Gasteiger partial charge in [0, 0.05) is 13.2 Å². The molecule has 0 atom stereocenters. The highest BCUT2D eigenvalue weighted by atomic mass is 16.5. The molecular weight excluding hydrogens is 166 g/mol. The van der Waals surface area contributed by atoms with Gasteiger partial charge in [-0.25, -0.2) is 4.98 Å². The Hall–Kier alpha value is -1.29. The first-order valence-corrected chi connectivity index (χ1v) is 4.35. The van der Waals surface area contributed by atoms with Crippen molar-refractivity contribution >= 4 is 11.6 Å². The van der Waals surface area contributed by atoms with Crippen LogP contribution < -0.4 is 11.5 Å². The van der Waals surface area contributed by atoms with Crippen molar-refractivity contribution in [3.8, 4) is 0 Å². The lowest BCUT2D eigenvalue weighted by Crippen LogP contribution is -1.93. The Labute approximate surface area is 77.9 Å². The third-order valence-corrected chi connectivity index (χ3v) is 1.62. The van der Waals surface area contributed by atoms with Gasteiger partial charge < -0.3 is 16.2 Å². The number of aromatic nitrogens is 1. The molecule has 4 nitrogen and oxygen atoms in total. The number of ether oxygens (including phenoxy) is 1. The lowest BCUT2D eigenvalue weighted by molar-refractivity contribution is 0.198. The van der Waals surface area contributed by atoms with Crippen LogP contribution in [0.5, 0.6) is 0 Å². The normalized spacial score (nSPS) is 14.8. The summed E-state index contributed by atoms with van der Waals surface area (Å²) in [6.45, 7) is 2.00. The van der Waals surface area contributed by atoms with E-state index < -0.39 is 0 Å². The molecule has 2 heterocycles. The maximum atomic E-state index is 5.27. The Morgan fingerprint density at radius 1 is 1.08 bits per heavy atom. The zero-order chi connectivity index (χ0) is 9.52. The van der Waals surface area contributed by atoms with Crippen LogP contribution in [-0.4, -0.2) is 18.2 Å². The quantitative estimate of drug-likeness (QED) is 0.627. The third kappa shape index (κ3) is 4.32. The van der Waals surface area contributed by atoms with Crippen molar-refractivity contribution in [3.05, 3.63) is 18.2 Å². The highest BCUT2D eigenvalue weighted by Crippen LogP contribution is 1.99. The van der Waals surface area contributed by atoms with Crippen LogP contribution in [-0.2, 0) is 4.74 Å². The number of pyridine rings is 1. The summed E-state index contributed by atoms with van der Waals surface area (Å²) >= 11 is 0. The molecule has 72 valence electrons. The van der Waals surface area contributed by atoms with Gasteiger partial charge in [0.15, 0.2) is 0 Å². The summed E-state index contributed by atoms with van der Waals surface area (Å²) in [7, 11) is 0. The molecule has 0 saturated carbocycles. The fraction of sp³-hybridized carbons (Fsp3) is 0.444. The molecule has 2 rings (SSSR count). The van der Waals surface area contributed by atoms with Crippen molar-refractivity contribution in [1.82, 2.24) is 4.98 Å². The van der Waals surface area contributed by atoms with Gasteiger partial charge in [-0.3, -0.25) is 0 Å². The van der Waals surface area contributed by atoms with Gasteiger partial charge in [-0.2, -0.15) is 0 Å². The van der Waals surface area contributed by atoms with Gasteiger partial charge in [0.1, 0.15) is 11.6 Å². The zero-order valence-electron chi connectivity index (χ0n) is 7.57. The van der Waals surface area contributed by atoms with E-state index in [0.717, 1.165) is 13.2 Å². The number of hydrogen-bond acceptors (Lipinski definition) is 4. The summed E-state index contributed by atoms with van der Waals surface area (Å²) in [5.41, 5.74) is 10.5. The first-order chi connectivity index (χ1) is 6.29. The van der Waals surface area contributed by atoms with Crippen LogP contribution in [0.3, 0.4) is 0 Å². The lowest BCUT2D eigenvalue weighted by Gasteiger charge is -1.90. The average Bonchev–Trinajstić information content (AvgIpc) is 2.59. The molecule has 4 N–H and O–H groups in total. The standard InChI is InChI=1S/C5H7N3.C4H8O/c6-4-2-1-3-5(7)8-4;1-2-4-5-3-1/h1-3H,(H4,6,7,8);1-4H2. The van der Waals surface area contributed by atoms with E-state index in [0.29, 0.717) is 11.6 Å².